The number of anilines is 1. The van der Waals surface area contributed by atoms with Crippen LogP contribution in [0.3, 0.4) is 0 Å². The molecule has 0 spiro atoms. The molecular weight excluding hydrogens is 264 g/mol. The van der Waals surface area contributed by atoms with E-state index in [0.717, 1.165) is 25.1 Å². The van der Waals surface area contributed by atoms with Gasteiger partial charge in [0.1, 0.15) is 0 Å². The van der Waals surface area contributed by atoms with Crippen molar-refractivity contribution in [3.8, 4) is 0 Å². The number of methoxy groups -OCH3 is 1. The lowest BCUT2D eigenvalue weighted by atomic mass is 10.1. The molecule has 8 nitrogen and oxygen atoms in total. The first-order valence-electron chi connectivity index (χ1n) is 6.30. The molecule has 1 fully saturated rings. The first-order chi connectivity index (χ1) is 9.60. The zero-order chi connectivity index (χ0) is 14.5. The molecule has 1 aliphatic rings. The van der Waals surface area contributed by atoms with Crippen molar-refractivity contribution in [2.24, 2.45) is 0 Å². The Kier molecular flexibility index (Phi) is 4.34. The van der Waals surface area contributed by atoms with Crippen molar-refractivity contribution in [1.82, 2.24) is 10.3 Å². The zero-order valence-corrected chi connectivity index (χ0v) is 11.1. The van der Waals surface area contributed by atoms with Gasteiger partial charge in [0.2, 0.25) is 0 Å². The van der Waals surface area contributed by atoms with Crippen LogP contribution >= 0.6 is 0 Å². The Morgan fingerprint density at radius 3 is 3.00 bits per heavy atom. The Balaban J connectivity index is 2.01. The molecule has 0 radical (unpaired) electrons. The average molecular weight is 280 g/mol. The van der Waals surface area contributed by atoms with Crippen LogP contribution in [-0.4, -0.2) is 42.2 Å². The maximum Gasteiger partial charge on any atom is 0.407 e. The quantitative estimate of drug-likeness (QED) is 0.662. The van der Waals surface area contributed by atoms with Crippen molar-refractivity contribution in [3.63, 3.8) is 0 Å². The highest BCUT2D eigenvalue weighted by Crippen LogP contribution is 2.21. The summed E-state index contributed by atoms with van der Waals surface area (Å²) in [4.78, 5) is 27.1. The third-order valence-electron chi connectivity index (χ3n) is 3.21. The molecule has 0 aromatic carbocycles. The number of pyridine rings is 1. The fourth-order valence-electron chi connectivity index (χ4n) is 2.23. The maximum atomic E-state index is 11.2. The lowest BCUT2D eigenvalue weighted by Crippen LogP contribution is -2.47. The van der Waals surface area contributed by atoms with E-state index in [2.05, 4.69) is 15.0 Å². The smallest absolute Gasteiger partial charge is 0.407 e. The Labute approximate surface area is 115 Å². The summed E-state index contributed by atoms with van der Waals surface area (Å²) in [5.74, 6) is -0.171. The lowest BCUT2D eigenvalue weighted by molar-refractivity contribution is -0.389. The first kappa shape index (κ1) is 14.0. The van der Waals surface area contributed by atoms with Crippen molar-refractivity contribution >= 4 is 17.6 Å². The van der Waals surface area contributed by atoms with Crippen molar-refractivity contribution < 1.29 is 14.5 Å². The predicted octanol–water partition coefficient (Wildman–Crippen LogP) is 1.31. The van der Waals surface area contributed by atoms with Crippen LogP contribution in [0.4, 0.5) is 16.3 Å². The molecule has 8 heteroatoms. The molecular formula is C12H16N4O4. The normalized spacial score (nSPS) is 18.4. The molecule has 2 heterocycles. The van der Waals surface area contributed by atoms with E-state index in [1.807, 2.05) is 4.90 Å². The van der Waals surface area contributed by atoms with E-state index in [9.17, 15) is 14.9 Å². The molecule has 1 amide bonds. The minimum atomic E-state index is -0.526. The van der Waals surface area contributed by atoms with Gasteiger partial charge in [-0.3, -0.25) is 0 Å². The second kappa shape index (κ2) is 6.18. The summed E-state index contributed by atoms with van der Waals surface area (Å²) in [6.07, 6.45) is 2.84. The number of alkyl carbamates (subject to hydrolysis) is 1. The van der Waals surface area contributed by atoms with Crippen molar-refractivity contribution in [2.75, 3.05) is 25.1 Å². The lowest BCUT2D eigenvalue weighted by Gasteiger charge is -2.33. The van der Waals surface area contributed by atoms with Gasteiger partial charge in [0, 0.05) is 25.2 Å². The molecule has 2 rings (SSSR count). The van der Waals surface area contributed by atoms with Gasteiger partial charge in [0.25, 0.3) is 0 Å². The van der Waals surface area contributed by atoms with E-state index in [0.29, 0.717) is 6.54 Å². The van der Waals surface area contributed by atoms with Crippen LogP contribution in [-0.2, 0) is 4.74 Å². The van der Waals surface area contributed by atoms with Gasteiger partial charge in [-0.1, -0.05) is 0 Å². The minimum Gasteiger partial charge on any atom is -0.453 e. The molecule has 0 saturated carbocycles. The van der Waals surface area contributed by atoms with E-state index >= 15 is 0 Å². The summed E-state index contributed by atoms with van der Waals surface area (Å²) in [6.45, 7) is 1.47. The van der Waals surface area contributed by atoms with Crippen LogP contribution in [0.1, 0.15) is 12.8 Å². The SMILES string of the molecule is COC(=O)N[C@@H]1CCCN(c2ccc([N+](=O)[O-])nc2)C1. The van der Waals surface area contributed by atoms with Gasteiger partial charge < -0.3 is 25.1 Å². The molecule has 0 unspecified atom stereocenters. The third-order valence-corrected chi connectivity index (χ3v) is 3.21. The van der Waals surface area contributed by atoms with Gasteiger partial charge in [-0.2, -0.15) is 0 Å². The van der Waals surface area contributed by atoms with Crippen LogP contribution in [0.5, 0.6) is 0 Å². The predicted molar refractivity (Wildman–Crippen MR) is 71.7 cm³/mol. The molecule has 1 aliphatic heterocycles. The second-order valence-electron chi connectivity index (χ2n) is 4.55. The Bertz CT molecular complexity index is 491. The average Bonchev–Trinajstić information content (AvgIpc) is 2.47. The third kappa shape index (κ3) is 3.34. The molecule has 1 saturated heterocycles. The maximum absolute atomic E-state index is 11.2. The summed E-state index contributed by atoms with van der Waals surface area (Å²) in [5.41, 5.74) is 0.812. The molecule has 1 aromatic rings. The van der Waals surface area contributed by atoms with Crippen LogP contribution in [0, 0.1) is 10.1 Å². The number of carbonyl (C=O) groups is 1. The van der Waals surface area contributed by atoms with Crippen molar-refractivity contribution in [2.45, 2.75) is 18.9 Å². The number of nitrogens with one attached hydrogen (secondary N) is 1. The molecule has 108 valence electrons. The fourth-order valence-corrected chi connectivity index (χ4v) is 2.23. The highest BCUT2D eigenvalue weighted by Gasteiger charge is 2.23. The standard InChI is InChI=1S/C12H16N4O4/c1-20-12(17)14-9-3-2-6-15(8-9)10-4-5-11(13-7-10)16(18)19/h4-5,7,9H,2-3,6,8H2,1H3,(H,14,17)/t9-/m1/s1. The Morgan fingerprint density at radius 1 is 1.60 bits per heavy atom. The van der Waals surface area contributed by atoms with Crippen molar-refractivity contribution in [3.05, 3.63) is 28.4 Å². The topological polar surface area (TPSA) is 97.6 Å². The van der Waals surface area contributed by atoms with Gasteiger partial charge in [0.15, 0.2) is 6.20 Å². The van der Waals surface area contributed by atoms with E-state index in [1.165, 1.54) is 19.4 Å². The Hall–Kier alpha value is -2.38. The number of ether oxygens (including phenoxy) is 1. The number of amides is 1. The molecule has 1 atom stereocenters. The molecule has 0 aliphatic carbocycles. The molecule has 1 N–H and O–H groups in total. The van der Waals surface area contributed by atoms with Gasteiger partial charge in [0.05, 0.1) is 12.8 Å². The number of nitrogens with zero attached hydrogens (tertiary/aromatic N) is 3. The molecule has 0 bridgehead atoms. The summed E-state index contributed by atoms with van der Waals surface area (Å²) >= 11 is 0. The number of nitro groups is 1. The van der Waals surface area contributed by atoms with Gasteiger partial charge in [-0.15, -0.1) is 0 Å². The van der Waals surface area contributed by atoms with Crippen LogP contribution in [0.2, 0.25) is 0 Å². The largest absolute Gasteiger partial charge is 0.453 e. The first-order valence-corrected chi connectivity index (χ1v) is 6.30. The van der Waals surface area contributed by atoms with E-state index in [-0.39, 0.29) is 11.9 Å². The summed E-state index contributed by atoms with van der Waals surface area (Å²) in [5, 5.41) is 13.3. The number of aromatic nitrogens is 1. The fraction of sp³-hybridized carbons (Fsp3) is 0.500. The Morgan fingerprint density at radius 2 is 2.40 bits per heavy atom. The number of carbonyl (C=O) groups excluding carboxylic acids is 1. The van der Waals surface area contributed by atoms with Crippen molar-refractivity contribution in [1.29, 1.82) is 0 Å². The highest BCUT2D eigenvalue weighted by molar-refractivity contribution is 5.67. The summed E-state index contributed by atoms with van der Waals surface area (Å²) in [7, 11) is 1.33. The number of rotatable bonds is 3. The molecule has 1 aromatic heterocycles. The van der Waals surface area contributed by atoms with Gasteiger partial charge in [-0.05, 0) is 28.8 Å². The highest BCUT2D eigenvalue weighted by atomic mass is 16.6. The van der Waals surface area contributed by atoms with E-state index < -0.39 is 11.0 Å². The zero-order valence-electron chi connectivity index (χ0n) is 11.1. The van der Waals surface area contributed by atoms with Gasteiger partial charge >= 0.3 is 11.9 Å². The second-order valence-corrected chi connectivity index (χ2v) is 4.55. The van der Waals surface area contributed by atoms with Crippen LogP contribution < -0.4 is 10.2 Å². The number of piperidine rings is 1. The summed E-state index contributed by atoms with van der Waals surface area (Å²) in [6, 6.07) is 3.06. The number of hydrogen-bond donors (Lipinski definition) is 1. The van der Waals surface area contributed by atoms with Gasteiger partial charge in [-0.25, -0.2) is 4.79 Å². The molecule has 20 heavy (non-hydrogen) atoms. The number of hydrogen-bond acceptors (Lipinski definition) is 6. The summed E-state index contributed by atoms with van der Waals surface area (Å²) < 4.78 is 4.58. The van der Waals surface area contributed by atoms with E-state index in [4.69, 9.17) is 0 Å². The minimum absolute atomic E-state index is 0.00592. The van der Waals surface area contributed by atoms with Crippen LogP contribution in [0.15, 0.2) is 18.3 Å². The van der Waals surface area contributed by atoms with E-state index in [1.54, 1.807) is 6.07 Å². The van der Waals surface area contributed by atoms with Crippen LogP contribution in [0.25, 0.3) is 0 Å². The monoisotopic (exact) mass is 280 g/mol.